The maximum absolute atomic E-state index is 12.6. The largest absolute Gasteiger partial charge is 0.446 e. The molecule has 0 heterocycles. The summed E-state index contributed by atoms with van der Waals surface area (Å²) in [6.45, 7) is 13.2. The van der Waals surface area contributed by atoms with Crippen LogP contribution in [0.15, 0.2) is 40.4 Å². The van der Waals surface area contributed by atoms with Crippen LogP contribution < -0.4 is 5.32 Å². The molecule has 3 unspecified atom stereocenters. The molecule has 0 aliphatic heterocycles. The highest BCUT2D eigenvalue weighted by atomic mass is 79.9. The van der Waals surface area contributed by atoms with Crippen molar-refractivity contribution in [3.8, 4) is 0 Å². The summed E-state index contributed by atoms with van der Waals surface area (Å²) in [6, 6.07) is 8.27. The van der Waals surface area contributed by atoms with Crippen molar-refractivity contribution in [1.82, 2.24) is 5.32 Å². The molecule has 40 heavy (non-hydrogen) atoms. The van der Waals surface area contributed by atoms with E-state index in [1.54, 1.807) is 5.57 Å². The van der Waals surface area contributed by atoms with Crippen molar-refractivity contribution in [3.63, 3.8) is 0 Å². The Morgan fingerprint density at radius 1 is 1.02 bits per heavy atom. The normalized spacial score (nSPS) is 35.8. The number of hydrogen-bond donors (Lipinski definition) is 1. The standard InChI is InChI=1S/C36H54BrNO2/c1-24(2)7-6-8-25(3)31-15-16-32-30-14-11-27-23-29(17-20-35(27,4)33(30)18-21-36(31,32)5)40-34(39)38-22-19-26-9-12-28(37)13-10-26/h9-13,24-25,29-33H,6-8,14-23H2,1-5H3,(H,38,39)/t25-,29+,30+,31?,32?,33?,35+,36-/m1/s1. The molecule has 0 saturated heterocycles. The average Bonchev–Trinajstić information content (AvgIpc) is 3.27. The maximum Gasteiger partial charge on any atom is 0.407 e. The van der Waals surface area contributed by atoms with E-state index >= 15 is 0 Å². The molecule has 1 aromatic rings. The number of fused-ring (bicyclic) bond motifs is 5. The fraction of sp³-hybridized carbons (Fsp3) is 0.750. The second kappa shape index (κ2) is 12.5. The fourth-order valence-corrected chi connectivity index (χ4v) is 10.2. The number of carbonyl (C=O) groups is 1. The molecule has 3 saturated carbocycles. The number of allylic oxidation sites excluding steroid dienone is 1. The lowest BCUT2D eigenvalue weighted by molar-refractivity contribution is -0.0581. The van der Waals surface area contributed by atoms with Gasteiger partial charge in [0, 0.05) is 17.4 Å². The van der Waals surface area contributed by atoms with Crippen molar-refractivity contribution in [2.45, 2.75) is 118 Å². The number of nitrogens with one attached hydrogen (secondary N) is 1. The predicted molar refractivity (Wildman–Crippen MR) is 169 cm³/mol. The van der Waals surface area contributed by atoms with Gasteiger partial charge in [0.15, 0.2) is 0 Å². The van der Waals surface area contributed by atoms with Crippen molar-refractivity contribution < 1.29 is 9.53 Å². The number of amides is 1. The second-order valence-electron chi connectivity index (χ2n) is 14.9. The van der Waals surface area contributed by atoms with Gasteiger partial charge in [-0.05, 0) is 115 Å². The van der Waals surface area contributed by atoms with Gasteiger partial charge in [-0.25, -0.2) is 4.79 Å². The van der Waals surface area contributed by atoms with Gasteiger partial charge in [0.25, 0.3) is 0 Å². The topological polar surface area (TPSA) is 38.3 Å². The Balaban J connectivity index is 1.15. The second-order valence-corrected chi connectivity index (χ2v) is 15.8. The molecule has 0 aromatic heterocycles. The first-order valence-corrected chi connectivity index (χ1v) is 17.3. The highest BCUT2D eigenvalue weighted by Gasteiger charge is 2.59. The van der Waals surface area contributed by atoms with Gasteiger partial charge >= 0.3 is 6.09 Å². The first-order valence-electron chi connectivity index (χ1n) is 16.5. The van der Waals surface area contributed by atoms with Gasteiger partial charge in [0.2, 0.25) is 0 Å². The number of hydrogen-bond acceptors (Lipinski definition) is 2. The van der Waals surface area contributed by atoms with E-state index < -0.39 is 0 Å². The molecule has 1 N–H and O–H groups in total. The zero-order valence-corrected chi connectivity index (χ0v) is 27.4. The summed E-state index contributed by atoms with van der Waals surface area (Å²) in [4.78, 5) is 12.6. The van der Waals surface area contributed by atoms with E-state index in [0.717, 1.165) is 65.7 Å². The van der Waals surface area contributed by atoms with Crippen molar-refractivity contribution in [2.24, 2.45) is 46.3 Å². The maximum atomic E-state index is 12.6. The number of halogens is 1. The minimum atomic E-state index is -0.257. The third kappa shape index (κ3) is 6.23. The fourth-order valence-electron chi connectivity index (χ4n) is 9.91. The molecule has 0 bridgehead atoms. The lowest BCUT2D eigenvalue weighted by atomic mass is 9.47. The van der Waals surface area contributed by atoms with Crippen molar-refractivity contribution in [3.05, 3.63) is 46.0 Å². The molecule has 1 amide bonds. The summed E-state index contributed by atoms with van der Waals surface area (Å²) in [5.74, 6) is 5.15. The highest BCUT2D eigenvalue weighted by molar-refractivity contribution is 9.10. The molecule has 3 nitrogen and oxygen atoms in total. The summed E-state index contributed by atoms with van der Waals surface area (Å²) >= 11 is 3.48. The van der Waals surface area contributed by atoms with Crippen LogP contribution in [0.2, 0.25) is 0 Å². The Bertz CT molecular complexity index is 1050. The third-order valence-corrected chi connectivity index (χ3v) is 12.7. The van der Waals surface area contributed by atoms with E-state index in [9.17, 15) is 4.79 Å². The minimum Gasteiger partial charge on any atom is -0.446 e. The molecule has 8 atom stereocenters. The summed E-state index contributed by atoms with van der Waals surface area (Å²) < 4.78 is 7.03. The molecule has 0 radical (unpaired) electrons. The van der Waals surface area contributed by atoms with E-state index in [-0.39, 0.29) is 12.2 Å². The molecule has 5 rings (SSSR count). The summed E-state index contributed by atoms with van der Waals surface area (Å²) in [5.41, 5.74) is 3.64. The van der Waals surface area contributed by atoms with E-state index in [1.807, 2.05) is 12.1 Å². The van der Waals surface area contributed by atoms with Crippen LogP contribution in [0.4, 0.5) is 4.79 Å². The Hall–Kier alpha value is -1.29. The van der Waals surface area contributed by atoms with Crippen LogP contribution in [0.25, 0.3) is 0 Å². The molecule has 0 spiro atoms. The smallest absolute Gasteiger partial charge is 0.407 e. The Morgan fingerprint density at radius 2 is 1.80 bits per heavy atom. The van der Waals surface area contributed by atoms with Gasteiger partial charge in [-0.2, -0.15) is 0 Å². The van der Waals surface area contributed by atoms with E-state index in [4.69, 9.17) is 4.74 Å². The van der Waals surface area contributed by atoms with Crippen LogP contribution in [0.1, 0.15) is 111 Å². The van der Waals surface area contributed by atoms with Gasteiger partial charge in [-0.1, -0.05) is 93.6 Å². The zero-order valence-electron chi connectivity index (χ0n) is 25.8. The molecular formula is C36H54BrNO2. The lowest BCUT2D eigenvalue weighted by Crippen LogP contribution is -2.51. The molecule has 3 fully saturated rings. The van der Waals surface area contributed by atoms with Crippen molar-refractivity contribution in [2.75, 3.05) is 6.54 Å². The molecule has 222 valence electrons. The quantitative estimate of drug-likeness (QED) is 0.282. The Kier molecular flexibility index (Phi) is 9.45. The van der Waals surface area contributed by atoms with E-state index in [2.05, 4.69) is 74.1 Å². The van der Waals surface area contributed by atoms with Crippen LogP contribution in [-0.4, -0.2) is 18.7 Å². The molecule has 4 heteroatoms. The first-order chi connectivity index (χ1) is 19.1. The summed E-state index contributed by atoms with van der Waals surface area (Å²) in [7, 11) is 0. The van der Waals surface area contributed by atoms with Gasteiger partial charge in [-0.15, -0.1) is 0 Å². The summed E-state index contributed by atoms with van der Waals surface area (Å²) in [5, 5.41) is 2.99. The molecule has 4 aliphatic carbocycles. The van der Waals surface area contributed by atoms with Crippen LogP contribution in [-0.2, 0) is 11.2 Å². The van der Waals surface area contributed by atoms with Crippen LogP contribution >= 0.6 is 15.9 Å². The zero-order chi connectivity index (χ0) is 28.5. The monoisotopic (exact) mass is 611 g/mol. The van der Waals surface area contributed by atoms with E-state index in [0.29, 0.717) is 17.4 Å². The minimum absolute atomic E-state index is 0.0139. The van der Waals surface area contributed by atoms with E-state index in [1.165, 1.54) is 56.9 Å². The lowest BCUT2D eigenvalue weighted by Gasteiger charge is -2.58. The first kappa shape index (κ1) is 30.2. The molecule has 4 aliphatic rings. The Morgan fingerprint density at radius 3 is 2.55 bits per heavy atom. The number of benzene rings is 1. The van der Waals surface area contributed by atoms with Crippen molar-refractivity contribution in [1.29, 1.82) is 0 Å². The SMILES string of the molecule is CC(C)CCC[C@@H](C)C1CCC2[C@@H]3CC=C4C[C@@H](OC(=O)NCCc5ccc(Br)cc5)CC[C@]4(C)C3CC[C@@]21C. The van der Waals surface area contributed by atoms with Gasteiger partial charge in [0.1, 0.15) is 6.10 Å². The van der Waals surface area contributed by atoms with Crippen molar-refractivity contribution >= 4 is 22.0 Å². The van der Waals surface area contributed by atoms with Gasteiger partial charge in [-0.3, -0.25) is 0 Å². The number of rotatable bonds is 9. The highest BCUT2D eigenvalue weighted by Crippen LogP contribution is 2.67. The number of alkyl carbamates (subject to hydrolysis) is 1. The van der Waals surface area contributed by atoms with Crippen LogP contribution in [0.5, 0.6) is 0 Å². The number of carbonyl (C=O) groups excluding carboxylic acids is 1. The predicted octanol–water partition coefficient (Wildman–Crippen LogP) is 10.1. The summed E-state index contributed by atoms with van der Waals surface area (Å²) in [6.07, 6.45) is 17.4. The van der Waals surface area contributed by atoms with Gasteiger partial charge in [0.05, 0.1) is 0 Å². The third-order valence-electron chi connectivity index (χ3n) is 12.1. The van der Waals surface area contributed by atoms with Gasteiger partial charge < -0.3 is 10.1 Å². The van der Waals surface area contributed by atoms with Crippen LogP contribution in [0.3, 0.4) is 0 Å². The molecule has 1 aromatic carbocycles. The van der Waals surface area contributed by atoms with Crippen LogP contribution in [0, 0.1) is 46.3 Å². The Labute approximate surface area is 252 Å². The number of ether oxygens (including phenoxy) is 1. The average molecular weight is 613 g/mol. The molecular weight excluding hydrogens is 558 g/mol.